The van der Waals surface area contributed by atoms with Crippen molar-refractivity contribution in [1.82, 2.24) is 0 Å². The van der Waals surface area contributed by atoms with Crippen LogP contribution in [0.5, 0.6) is 0 Å². The molecule has 0 aromatic heterocycles. The summed E-state index contributed by atoms with van der Waals surface area (Å²) < 4.78 is 62.1. The first-order valence-corrected chi connectivity index (χ1v) is 31.7. The maximum Gasteiger partial charge on any atom is 0.333 e. The van der Waals surface area contributed by atoms with Crippen LogP contribution in [0, 0.1) is 23.7 Å². The second kappa shape index (κ2) is 40.5. The van der Waals surface area contributed by atoms with Crippen molar-refractivity contribution in [3.8, 4) is 0 Å². The summed E-state index contributed by atoms with van der Waals surface area (Å²) in [7, 11) is 0. The van der Waals surface area contributed by atoms with Crippen molar-refractivity contribution < 1.29 is 116 Å². The third-order valence-electron chi connectivity index (χ3n) is 15.1. The molecule has 24 heteroatoms. The third-order valence-corrected chi connectivity index (χ3v) is 15.1. The minimum Gasteiger partial charge on any atom is -0.466 e. The number of hydrogen-bond acceptors (Lipinski definition) is 24. The lowest BCUT2D eigenvalue weighted by molar-refractivity contribution is -0.181. The first kappa shape index (κ1) is 83.4. The van der Waals surface area contributed by atoms with E-state index in [4.69, 9.17) is 56.8 Å². The fraction of sp³-hybridized carbons (Fsp3) is 0.761. The van der Waals surface area contributed by atoms with E-state index in [2.05, 4.69) is 26.3 Å². The topological polar surface area (TPSA) is 328 Å². The van der Waals surface area contributed by atoms with Crippen LogP contribution in [0.1, 0.15) is 180 Å². The van der Waals surface area contributed by atoms with Gasteiger partial charge in [-0.2, -0.15) is 0 Å². The molecule has 4 N–H and O–H groups in total. The molecule has 0 spiro atoms. The van der Waals surface area contributed by atoms with Gasteiger partial charge in [-0.05, 0) is 171 Å². The van der Waals surface area contributed by atoms with Crippen molar-refractivity contribution in [2.75, 3.05) is 85.9 Å². The van der Waals surface area contributed by atoms with Gasteiger partial charge in [0.25, 0.3) is 0 Å². The van der Waals surface area contributed by atoms with E-state index in [1.54, 1.807) is 55.4 Å². The number of esters is 8. The molecule has 522 valence electrons. The summed E-state index contributed by atoms with van der Waals surface area (Å²) in [6.07, 6.45) is 9.33. The van der Waals surface area contributed by atoms with Crippen LogP contribution in [0.3, 0.4) is 0 Å². The highest BCUT2D eigenvalue weighted by Crippen LogP contribution is 2.55. The minimum atomic E-state index is -1.62. The first-order chi connectivity index (χ1) is 42.4. The van der Waals surface area contributed by atoms with Crippen LogP contribution in [0.2, 0.25) is 0 Å². The van der Waals surface area contributed by atoms with Crippen LogP contribution in [-0.2, 0) is 95.2 Å². The van der Waals surface area contributed by atoms with Gasteiger partial charge >= 0.3 is 47.8 Å². The number of aliphatic hydroxyl groups is 4. The number of rotatable bonds is 36. The molecule has 0 heterocycles. The van der Waals surface area contributed by atoms with Gasteiger partial charge in [0.2, 0.25) is 0 Å². The Morgan fingerprint density at radius 2 is 0.725 bits per heavy atom. The predicted octanol–water partition coefficient (Wildman–Crippen LogP) is 7.59. The number of carbonyl (C=O) groups is 8. The van der Waals surface area contributed by atoms with E-state index in [9.17, 15) is 58.8 Å². The number of ether oxygens (including phenoxy) is 12. The van der Waals surface area contributed by atoms with Gasteiger partial charge < -0.3 is 77.3 Å². The fourth-order valence-electron chi connectivity index (χ4n) is 10.8. The zero-order chi connectivity index (χ0) is 69.4. The Labute approximate surface area is 539 Å². The van der Waals surface area contributed by atoms with Gasteiger partial charge in [-0.3, -0.25) is 19.2 Å². The second-order valence-corrected chi connectivity index (χ2v) is 25.6. The van der Waals surface area contributed by atoms with Gasteiger partial charge in [0.05, 0.1) is 58.7 Å². The molecule has 0 aliphatic heterocycles. The van der Waals surface area contributed by atoms with Crippen molar-refractivity contribution in [3.05, 3.63) is 48.6 Å². The fourth-order valence-corrected chi connectivity index (χ4v) is 10.8. The summed E-state index contributed by atoms with van der Waals surface area (Å²) in [6.45, 7) is 35.8. The van der Waals surface area contributed by atoms with Gasteiger partial charge in [0.1, 0.15) is 66.1 Å². The van der Waals surface area contributed by atoms with E-state index in [1.807, 2.05) is 6.92 Å². The van der Waals surface area contributed by atoms with Crippen molar-refractivity contribution in [3.63, 3.8) is 0 Å². The lowest BCUT2D eigenvalue weighted by atomic mass is 9.55. The molecule has 4 unspecified atom stereocenters. The molecule has 5 aliphatic rings. The zero-order valence-corrected chi connectivity index (χ0v) is 56.8. The molecule has 5 fully saturated rings. The molecule has 5 rings (SSSR count). The Morgan fingerprint density at radius 3 is 1.01 bits per heavy atom. The van der Waals surface area contributed by atoms with Gasteiger partial charge in [0, 0.05) is 48.7 Å². The molecule has 4 atom stereocenters. The SMILES string of the molecule is C=C(C)C(=O)OCC(O)(COCC)CC(=O)OC(C)(C)C.C=C(C)C(=O)OCC(O)(COCC)CC(=O)OC1(CC)CCCC1.C=C(C)C(=O)OCC(O)(COCC)CC(=O)OC1C2CC3CC(C2)CC1C3.C=C(C)C(=O)OCC(O)(COCC)CC(=O)OCC. The van der Waals surface area contributed by atoms with Crippen molar-refractivity contribution in [1.29, 1.82) is 0 Å². The van der Waals surface area contributed by atoms with Crippen LogP contribution in [0.4, 0.5) is 0 Å². The zero-order valence-electron chi connectivity index (χ0n) is 56.8. The van der Waals surface area contributed by atoms with E-state index in [1.165, 1.54) is 34.1 Å². The number of carbonyl (C=O) groups excluding carboxylic acids is 8. The smallest absolute Gasteiger partial charge is 0.333 e. The summed E-state index contributed by atoms with van der Waals surface area (Å²) in [5, 5.41) is 42.1. The second-order valence-electron chi connectivity index (χ2n) is 25.6. The van der Waals surface area contributed by atoms with Crippen LogP contribution >= 0.6 is 0 Å². The molecule has 0 saturated heterocycles. The first-order valence-electron chi connectivity index (χ1n) is 31.7. The third kappa shape index (κ3) is 33.2. The Kier molecular flexibility index (Phi) is 37.1. The maximum absolute atomic E-state index is 12.6. The molecule has 91 heavy (non-hydrogen) atoms. The Morgan fingerprint density at radius 1 is 0.418 bits per heavy atom. The van der Waals surface area contributed by atoms with Crippen LogP contribution in [0.25, 0.3) is 0 Å². The Hall–Kier alpha value is -5.60. The molecule has 24 nitrogen and oxygen atoms in total. The van der Waals surface area contributed by atoms with Crippen LogP contribution in [0.15, 0.2) is 48.6 Å². The minimum absolute atomic E-state index is 0.0281. The summed E-state index contributed by atoms with van der Waals surface area (Å²) in [5.41, 5.74) is -6.58. The monoisotopic (exact) mass is 1300 g/mol. The van der Waals surface area contributed by atoms with E-state index >= 15 is 0 Å². The number of hydrogen-bond donors (Lipinski definition) is 4. The molecular weight excluding hydrogens is 1190 g/mol. The molecule has 5 saturated carbocycles. The Balaban J connectivity index is 0.000000613. The quantitative estimate of drug-likeness (QED) is 0.0266. The molecule has 0 radical (unpaired) electrons. The normalized spacial score (nSPS) is 20.9. The van der Waals surface area contributed by atoms with E-state index < -0.39 is 81.4 Å². The standard InChI is InChI=1S/C21H32O6.C18H30O6.C15H26O6.C13H22O6/c1-4-25-11-21(24,12-26-20(23)13(2)3)10-18(22)27-19-16-6-14-5-15(8-16)9-17(19)7-14;1-5-18(9-7-8-10-18)24-15(19)11-17(21,12-22-6-2)13-23-16(20)14(3)4;1-7-19-9-15(18,10-20-13(17)11(2)3)8-12(16)21-14(4,5)6;1-5-17-8-13(16,7-11(14)18-6-2)9-19-12(15)10(3)4/h14-17,19,24H,2,4-12H2,1,3H3;21H,3,5-13H2,1-2,4H3;18H,2,7-10H2,1,3-6H3;16H,3,5-9H2,1-2,4H3. The lowest BCUT2D eigenvalue weighted by Crippen LogP contribution is -2.51. The molecule has 0 aromatic rings. The van der Waals surface area contributed by atoms with Crippen molar-refractivity contribution in [2.24, 2.45) is 23.7 Å². The highest BCUT2D eigenvalue weighted by Gasteiger charge is 2.50. The van der Waals surface area contributed by atoms with E-state index in [0.717, 1.165) is 69.6 Å². The van der Waals surface area contributed by atoms with E-state index in [-0.39, 0.29) is 114 Å². The maximum atomic E-state index is 12.6. The van der Waals surface area contributed by atoms with Gasteiger partial charge in [0.15, 0.2) is 0 Å². The van der Waals surface area contributed by atoms with E-state index in [0.29, 0.717) is 38.3 Å². The largest absolute Gasteiger partial charge is 0.466 e. The average Bonchev–Trinajstić information content (AvgIpc) is 1.69. The Bertz CT molecular complexity index is 2360. The summed E-state index contributed by atoms with van der Waals surface area (Å²) in [6, 6.07) is 0. The molecular formula is C67H110O24. The average molecular weight is 1300 g/mol. The predicted molar refractivity (Wildman–Crippen MR) is 334 cm³/mol. The highest BCUT2D eigenvalue weighted by atomic mass is 16.6. The summed E-state index contributed by atoms with van der Waals surface area (Å²) >= 11 is 0. The molecule has 0 amide bonds. The van der Waals surface area contributed by atoms with Crippen LogP contribution < -0.4 is 0 Å². The molecule has 4 bridgehead atoms. The van der Waals surface area contributed by atoms with Gasteiger partial charge in [-0.25, -0.2) is 19.2 Å². The molecule has 5 aliphatic carbocycles. The van der Waals surface area contributed by atoms with Crippen molar-refractivity contribution >= 4 is 47.8 Å². The highest BCUT2D eigenvalue weighted by molar-refractivity contribution is 5.88. The van der Waals surface area contributed by atoms with Gasteiger partial charge in [-0.15, -0.1) is 0 Å². The van der Waals surface area contributed by atoms with Gasteiger partial charge in [-0.1, -0.05) is 33.2 Å². The summed E-state index contributed by atoms with van der Waals surface area (Å²) in [5.74, 6) is -2.03. The molecule has 0 aromatic carbocycles. The van der Waals surface area contributed by atoms with Crippen molar-refractivity contribution in [2.45, 2.75) is 220 Å². The lowest BCUT2D eigenvalue weighted by Gasteiger charge is -2.53. The summed E-state index contributed by atoms with van der Waals surface area (Å²) in [4.78, 5) is 94.0. The van der Waals surface area contributed by atoms with Crippen LogP contribution in [-0.4, -0.2) is 194 Å².